The van der Waals surface area contributed by atoms with Crippen LogP contribution in [0.2, 0.25) is 10.2 Å². The van der Waals surface area contributed by atoms with Crippen molar-refractivity contribution in [2.24, 2.45) is 10.6 Å². The molecule has 3 aromatic rings. The number of nitrogens with two attached hydrogens (primary N) is 1. The van der Waals surface area contributed by atoms with Gasteiger partial charge in [0.25, 0.3) is 0 Å². The van der Waals surface area contributed by atoms with Crippen LogP contribution in [0.3, 0.4) is 0 Å². The summed E-state index contributed by atoms with van der Waals surface area (Å²) in [5, 5.41) is 6.29. The molecule has 1 aromatic carbocycles. The molecule has 190 valence electrons. The second kappa shape index (κ2) is 9.89. The molecule has 10 heteroatoms. The average Bonchev–Trinajstić information content (AvgIpc) is 3.15. The van der Waals surface area contributed by atoms with Crippen molar-refractivity contribution in [1.82, 2.24) is 15.0 Å². The van der Waals surface area contributed by atoms with E-state index in [0.29, 0.717) is 17.5 Å². The quantitative estimate of drug-likeness (QED) is 0.400. The summed E-state index contributed by atoms with van der Waals surface area (Å²) in [5.74, 6) is 1.86. The van der Waals surface area contributed by atoms with E-state index < -0.39 is 15.7 Å². The first-order valence-electron chi connectivity index (χ1n) is 12.0. The molecule has 36 heavy (non-hydrogen) atoms. The molecule has 1 unspecified atom stereocenters. The Morgan fingerprint density at radius 1 is 1.14 bits per heavy atom. The Hall–Kier alpha value is -2.26. The third kappa shape index (κ3) is 4.84. The fourth-order valence-electron chi connectivity index (χ4n) is 5.59. The number of pyridine rings is 1. The van der Waals surface area contributed by atoms with Crippen LogP contribution in [0.5, 0.6) is 11.6 Å². The van der Waals surface area contributed by atoms with Gasteiger partial charge in [-0.25, -0.2) is 19.2 Å². The highest BCUT2D eigenvalue weighted by atomic mass is 35.5. The molecule has 2 atom stereocenters. The van der Waals surface area contributed by atoms with Gasteiger partial charge in [-0.2, -0.15) is 0 Å². The summed E-state index contributed by atoms with van der Waals surface area (Å²) in [7, 11) is -1.39. The van der Waals surface area contributed by atoms with Gasteiger partial charge in [0.15, 0.2) is 10.9 Å². The van der Waals surface area contributed by atoms with Crippen molar-refractivity contribution in [3.05, 3.63) is 70.2 Å². The molecule has 1 fully saturated rings. The van der Waals surface area contributed by atoms with Gasteiger partial charge >= 0.3 is 0 Å². The molecule has 7 nitrogen and oxygen atoms in total. The maximum atomic E-state index is 12.3. The van der Waals surface area contributed by atoms with Crippen molar-refractivity contribution < 1.29 is 8.95 Å². The molecular weight excluding hydrogens is 517 g/mol. The van der Waals surface area contributed by atoms with Crippen LogP contribution >= 0.6 is 23.2 Å². The van der Waals surface area contributed by atoms with Crippen LogP contribution in [-0.2, 0) is 17.4 Å². The first-order chi connectivity index (χ1) is 17.2. The molecule has 2 aromatic heterocycles. The minimum absolute atomic E-state index is 0.130. The van der Waals surface area contributed by atoms with Crippen LogP contribution < -0.4 is 14.8 Å². The lowest BCUT2D eigenvalue weighted by Crippen LogP contribution is -2.45. The highest BCUT2D eigenvalue weighted by Crippen LogP contribution is 2.56. The van der Waals surface area contributed by atoms with Crippen molar-refractivity contribution in [2.45, 2.75) is 50.2 Å². The Morgan fingerprint density at radius 2 is 1.89 bits per heavy atom. The maximum absolute atomic E-state index is 12.3. The zero-order chi connectivity index (χ0) is 25.5. The molecule has 2 N–H and O–H groups in total. The van der Waals surface area contributed by atoms with E-state index in [2.05, 4.69) is 44.1 Å². The number of nitrogens with zero attached hydrogens (tertiary/aromatic N) is 4. The molecule has 1 spiro atoms. The van der Waals surface area contributed by atoms with E-state index in [1.54, 1.807) is 18.5 Å². The zero-order valence-electron chi connectivity index (χ0n) is 20.3. The number of benzene rings is 1. The Kier molecular flexibility index (Phi) is 6.98. The molecule has 1 aliphatic heterocycles. The van der Waals surface area contributed by atoms with Gasteiger partial charge < -0.3 is 9.64 Å². The molecule has 2 aliphatic rings. The molecule has 0 radical (unpaired) electrons. The largest absolute Gasteiger partial charge is 0.436 e. The second-order valence-corrected chi connectivity index (χ2v) is 12.7. The van der Waals surface area contributed by atoms with Crippen LogP contribution in [0, 0.1) is 5.41 Å². The van der Waals surface area contributed by atoms with E-state index >= 15 is 0 Å². The number of piperidine rings is 1. The van der Waals surface area contributed by atoms with Crippen LogP contribution in [0.1, 0.15) is 50.2 Å². The predicted octanol–water partition coefficient (Wildman–Crippen LogP) is 5.69. The van der Waals surface area contributed by atoms with Crippen LogP contribution in [0.15, 0.2) is 48.9 Å². The number of fused-ring (bicyclic) bond motifs is 1. The number of aromatic nitrogens is 3. The number of hydrogen-bond donors (Lipinski definition) is 1. The van der Waals surface area contributed by atoms with Gasteiger partial charge in [0.05, 0.1) is 28.1 Å². The monoisotopic (exact) mass is 545 g/mol. The van der Waals surface area contributed by atoms with Gasteiger partial charge in [0.2, 0.25) is 5.88 Å². The lowest BCUT2D eigenvalue weighted by molar-refractivity contribution is 0.170. The predicted molar refractivity (Wildman–Crippen MR) is 144 cm³/mol. The summed E-state index contributed by atoms with van der Waals surface area (Å²) in [5.41, 5.74) is 2.93. The van der Waals surface area contributed by atoms with E-state index in [4.69, 9.17) is 33.1 Å². The second-order valence-electron chi connectivity index (χ2n) is 10.3. The van der Waals surface area contributed by atoms with E-state index in [9.17, 15) is 4.21 Å². The first kappa shape index (κ1) is 25.4. The highest BCUT2D eigenvalue weighted by molar-refractivity contribution is 7.84. The number of halogens is 2. The van der Waals surface area contributed by atoms with Gasteiger partial charge in [-0.05, 0) is 62.0 Å². The lowest BCUT2D eigenvalue weighted by Gasteiger charge is -2.45. The van der Waals surface area contributed by atoms with Crippen molar-refractivity contribution >= 4 is 40.0 Å². The summed E-state index contributed by atoms with van der Waals surface area (Å²) in [6.07, 6.45) is 8.73. The summed E-state index contributed by atoms with van der Waals surface area (Å²) >= 11 is 12.1. The van der Waals surface area contributed by atoms with E-state index in [-0.39, 0.29) is 15.6 Å². The molecule has 0 bridgehead atoms. The summed E-state index contributed by atoms with van der Waals surface area (Å²) in [4.78, 5) is 15.2. The Morgan fingerprint density at radius 3 is 2.58 bits per heavy atom. The summed E-state index contributed by atoms with van der Waals surface area (Å²) in [6, 6.07) is 10.3. The third-order valence-corrected chi connectivity index (χ3v) is 9.68. The Balaban J connectivity index is 1.30. The Bertz CT molecular complexity index is 1280. The van der Waals surface area contributed by atoms with E-state index in [1.165, 1.54) is 17.3 Å². The van der Waals surface area contributed by atoms with Gasteiger partial charge in [-0.15, -0.1) is 0 Å². The standard InChI is InChI=1S/C26H29Cl2N5O2S/c1-25(2,36(29)34)14-19-18-6-4-3-5-17(18)13-26(19)8-11-33(12-9-26)21-15-32-22(16-31-21)35-20-7-10-30-24(28)23(20)27/h3-7,10,15-16,19H,8-9,11-14,29H2,1-2H3/t19-,36?/m1/s1. The summed E-state index contributed by atoms with van der Waals surface area (Å²) < 4.78 is 17.6. The first-order valence-corrected chi connectivity index (χ1v) is 13.9. The fourth-order valence-corrected chi connectivity index (χ4v) is 6.22. The minimum Gasteiger partial charge on any atom is -0.436 e. The van der Waals surface area contributed by atoms with Crippen LogP contribution in [0.4, 0.5) is 5.82 Å². The molecule has 0 saturated carbocycles. The zero-order valence-corrected chi connectivity index (χ0v) is 22.6. The van der Waals surface area contributed by atoms with Gasteiger partial charge in [-0.1, -0.05) is 47.5 Å². The smallest absolute Gasteiger partial charge is 0.238 e. The van der Waals surface area contributed by atoms with Crippen LogP contribution in [0.25, 0.3) is 0 Å². The number of rotatable bonds is 6. The van der Waals surface area contributed by atoms with Gasteiger partial charge in [0, 0.05) is 25.4 Å². The third-order valence-electron chi connectivity index (χ3n) is 7.68. The van der Waals surface area contributed by atoms with Gasteiger partial charge in [0.1, 0.15) is 10.8 Å². The average molecular weight is 547 g/mol. The topological polar surface area (TPSA) is 94.2 Å². The number of ether oxygens (including phenoxy) is 1. The highest BCUT2D eigenvalue weighted by Gasteiger charge is 2.49. The minimum atomic E-state index is -1.39. The van der Waals surface area contributed by atoms with Gasteiger partial charge in [-0.3, -0.25) is 5.14 Å². The van der Waals surface area contributed by atoms with Crippen molar-refractivity contribution in [2.75, 3.05) is 18.0 Å². The number of hydrogen-bond acceptors (Lipinski definition) is 6. The van der Waals surface area contributed by atoms with E-state index in [1.807, 2.05) is 13.8 Å². The van der Waals surface area contributed by atoms with Crippen molar-refractivity contribution in [3.8, 4) is 11.6 Å². The molecule has 0 amide bonds. The SMILES string of the molecule is CC(C)(C[C@@H]1c2ccccc2CC12CCN(c1cnc(Oc3ccnc(Cl)c3Cl)cn1)CC2)S(N)=O. The summed E-state index contributed by atoms with van der Waals surface area (Å²) in [6.45, 7) is 5.77. The molecule has 1 aliphatic carbocycles. The molecular formula is C26H29Cl2N5O2S. The fraction of sp³-hybridized carbons (Fsp3) is 0.423. The normalized spacial score (nSPS) is 19.8. The lowest BCUT2D eigenvalue weighted by atomic mass is 9.67. The molecule has 1 saturated heterocycles. The Labute approximate surface area is 224 Å². The number of anilines is 1. The van der Waals surface area contributed by atoms with Crippen molar-refractivity contribution in [1.29, 1.82) is 0 Å². The molecule has 3 heterocycles. The van der Waals surface area contributed by atoms with Crippen molar-refractivity contribution in [3.63, 3.8) is 0 Å². The molecule has 5 rings (SSSR count). The van der Waals surface area contributed by atoms with Crippen LogP contribution in [-0.4, -0.2) is 37.0 Å². The van der Waals surface area contributed by atoms with E-state index in [0.717, 1.165) is 44.6 Å². The maximum Gasteiger partial charge on any atom is 0.238 e.